The molecule has 0 saturated carbocycles. The van der Waals surface area contributed by atoms with Crippen LogP contribution in [0, 0.1) is 6.92 Å². The van der Waals surface area contributed by atoms with Crippen LogP contribution in [0.25, 0.3) is 5.69 Å². The van der Waals surface area contributed by atoms with E-state index >= 15 is 0 Å². The largest absolute Gasteiger partial charge is 0.348 e. The Balaban J connectivity index is 1.80. The van der Waals surface area contributed by atoms with Gasteiger partial charge in [0.25, 0.3) is 0 Å². The fourth-order valence-corrected chi connectivity index (χ4v) is 2.10. The van der Waals surface area contributed by atoms with Crippen molar-refractivity contribution < 1.29 is 0 Å². The summed E-state index contributed by atoms with van der Waals surface area (Å²) in [6, 6.07) is 10.3. The maximum Gasteiger partial charge on any atom is 0.223 e. The number of nitrogens with one attached hydrogen (secondary N) is 1. The predicted molar refractivity (Wildman–Crippen MR) is 82.4 cm³/mol. The molecule has 0 aliphatic carbocycles. The zero-order chi connectivity index (χ0) is 14.7. The first kappa shape index (κ1) is 13.3. The number of aryl methyl sites for hydroxylation is 1. The van der Waals surface area contributed by atoms with Crippen molar-refractivity contribution in [1.82, 2.24) is 19.7 Å². The Morgan fingerprint density at radius 2 is 1.95 bits per heavy atom. The Morgan fingerprint density at radius 1 is 1.14 bits per heavy atom. The number of rotatable bonds is 4. The van der Waals surface area contributed by atoms with Crippen LogP contribution in [0.1, 0.15) is 24.1 Å². The normalized spacial score (nSPS) is 12.1. The fourth-order valence-electron chi connectivity index (χ4n) is 2.10. The second-order valence-electron chi connectivity index (χ2n) is 5.00. The van der Waals surface area contributed by atoms with Crippen molar-refractivity contribution >= 4 is 5.95 Å². The Labute approximate surface area is 123 Å². The highest BCUT2D eigenvalue weighted by Gasteiger charge is 2.08. The van der Waals surface area contributed by atoms with E-state index in [0.29, 0.717) is 5.95 Å². The third-order valence-corrected chi connectivity index (χ3v) is 3.27. The minimum Gasteiger partial charge on any atom is -0.348 e. The van der Waals surface area contributed by atoms with Crippen molar-refractivity contribution in [3.8, 4) is 5.69 Å². The molecule has 2 heterocycles. The molecule has 1 aromatic carbocycles. The monoisotopic (exact) mass is 279 g/mol. The van der Waals surface area contributed by atoms with Crippen molar-refractivity contribution in [3.05, 3.63) is 66.2 Å². The van der Waals surface area contributed by atoms with Gasteiger partial charge in [-0.25, -0.2) is 14.6 Å². The third-order valence-electron chi connectivity index (χ3n) is 3.27. The Hall–Kier alpha value is -2.69. The first-order chi connectivity index (χ1) is 10.2. The molecule has 0 aliphatic rings. The maximum absolute atomic E-state index is 4.28. The van der Waals surface area contributed by atoms with Crippen molar-refractivity contribution in [1.29, 1.82) is 0 Å². The van der Waals surface area contributed by atoms with E-state index in [4.69, 9.17) is 0 Å². The quantitative estimate of drug-likeness (QED) is 0.797. The number of hydrogen-bond acceptors (Lipinski definition) is 4. The molecule has 0 fully saturated rings. The minimum atomic E-state index is 0.114. The average Bonchev–Trinajstić information content (AvgIpc) is 3.04. The molecule has 5 heteroatoms. The first-order valence-electron chi connectivity index (χ1n) is 6.87. The average molecular weight is 279 g/mol. The maximum atomic E-state index is 4.28. The van der Waals surface area contributed by atoms with Crippen molar-refractivity contribution in [2.24, 2.45) is 0 Å². The highest BCUT2D eigenvalue weighted by Crippen LogP contribution is 2.19. The minimum absolute atomic E-state index is 0.114. The molecule has 0 bridgehead atoms. The molecule has 1 atom stereocenters. The molecule has 3 rings (SSSR count). The van der Waals surface area contributed by atoms with Crippen LogP contribution in [-0.2, 0) is 0 Å². The SMILES string of the molecule is Cc1cnc(NC(C)c2cccc(-n3cccn3)c2)nc1. The summed E-state index contributed by atoms with van der Waals surface area (Å²) in [5.41, 5.74) is 3.25. The fraction of sp³-hybridized carbons (Fsp3) is 0.188. The van der Waals surface area contributed by atoms with E-state index in [0.717, 1.165) is 16.8 Å². The van der Waals surface area contributed by atoms with Gasteiger partial charge in [-0.1, -0.05) is 12.1 Å². The molecule has 0 spiro atoms. The second-order valence-corrected chi connectivity index (χ2v) is 5.00. The van der Waals surface area contributed by atoms with Crippen LogP contribution in [0.2, 0.25) is 0 Å². The van der Waals surface area contributed by atoms with E-state index in [1.807, 2.05) is 48.4 Å². The van der Waals surface area contributed by atoms with Crippen LogP contribution in [0.3, 0.4) is 0 Å². The van der Waals surface area contributed by atoms with Crippen LogP contribution in [0.5, 0.6) is 0 Å². The molecule has 2 aromatic heterocycles. The molecule has 1 unspecified atom stereocenters. The summed E-state index contributed by atoms with van der Waals surface area (Å²) in [6.07, 6.45) is 7.32. The lowest BCUT2D eigenvalue weighted by atomic mass is 10.1. The van der Waals surface area contributed by atoms with E-state index in [1.165, 1.54) is 0 Å². The number of nitrogens with zero attached hydrogens (tertiary/aromatic N) is 4. The molecule has 5 nitrogen and oxygen atoms in total. The molecule has 0 radical (unpaired) electrons. The van der Waals surface area contributed by atoms with E-state index in [-0.39, 0.29) is 6.04 Å². The van der Waals surface area contributed by atoms with Crippen molar-refractivity contribution in [2.45, 2.75) is 19.9 Å². The zero-order valence-corrected chi connectivity index (χ0v) is 12.1. The molecule has 0 saturated heterocycles. The van der Waals surface area contributed by atoms with Crippen LogP contribution < -0.4 is 5.32 Å². The van der Waals surface area contributed by atoms with Gasteiger partial charge in [-0.15, -0.1) is 0 Å². The van der Waals surface area contributed by atoms with Gasteiger partial charge in [0.2, 0.25) is 5.95 Å². The summed E-state index contributed by atoms with van der Waals surface area (Å²) in [5, 5.41) is 7.56. The van der Waals surface area contributed by atoms with Crippen molar-refractivity contribution in [3.63, 3.8) is 0 Å². The number of hydrogen-bond donors (Lipinski definition) is 1. The summed E-state index contributed by atoms with van der Waals surface area (Å²) in [5.74, 6) is 0.637. The summed E-state index contributed by atoms with van der Waals surface area (Å²) < 4.78 is 1.85. The lowest BCUT2D eigenvalue weighted by Gasteiger charge is -2.15. The number of benzene rings is 1. The zero-order valence-electron chi connectivity index (χ0n) is 12.1. The Morgan fingerprint density at radius 3 is 2.67 bits per heavy atom. The molecule has 21 heavy (non-hydrogen) atoms. The molecule has 106 valence electrons. The van der Waals surface area contributed by atoms with Crippen LogP contribution in [-0.4, -0.2) is 19.7 Å². The van der Waals surface area contributed by atoms with E-state index in [9.17, 15) is 0 Å². The molecule has 1 N–H and O–H groups in total. The van der Waals surface area contributed by atoms with E-state index < -0.39 is 0 Å². The third kappa shape index (κ3) is 3.08. The van der Waals surface area contributed by atoms with Gasteiger partial charge in [0.1, 0.15) is 0 Å². The number of aromatic nitrogens is 4. The molecular weight excluding hydrogens is 262 g/mol. The molecule has 0 aliphatic heterocycles. The standard InChI is InChI=1S/C16H17N5/c1-12-10-17-16(18-11-12)20-13(2)14-5-3-6-15(9-14)21-8-4-7-19-21/h3-11,13H,1-2H3,(H,17,18,20). The van der Waals surface area contributed by atoms with Gasteiger partial charge >= 0.3 is 0 Å². The molecule has 0 amide bonds. The molecular formula is C16H17N5. The molecule has 3 aromatic rings. The summed E-state index contributed by atoms with van der Waals surface area (Å²) in [7, 11) is 0. The van der Waals surface area contributed by atoms with Crippen LogP contribution in [0.15, 0.2) is 55.1 Å². The lowest BCUT2D eigenvalue weighted by Crippen LogP contribution is -2.10. The van der Waals surface area contributed by atoms with Gasteiger partial charge in [-0.05, 0) is 43.2 Å². The smallest absolute Gasteiger partial charge is 0.223 e. The van der Waals surface area contributed by atoms with E-state index in [1.54, 1.807) is 6.20 Å². The summed E-state index contributed by atoms with van der Waals surface area (Å²) in [6.45, 7) is 4.06. The summed E-state index contributed by atoms with van der Waals surface area (Å²) in [4.78, 5) is 8.55. The van der Waals surface area contributed by atoms with Gasteiger partial charge in [0.15, 0.2) is 0 Å². The van der Waals surface area contributed by atoms with Gasteiger partial charge in [-0.3, -0.25) is 0 Å². The highest BCUT2D eigenvalue weighted by atomic mass is 15.3. The highest BCUT2D eigenvalue weighted by molar-refractivity contribution is 5.39. The van der Waals surface area contributed by atoms with Crippen LogP contribution in [0.4, 0.5) is 5.95 Å². The van der Waals surface area contributed by atoms with Gasteiger partial charge in [0.05, 0.1) is 11.7 Å². The van der Waals surface area contributed by atoms with E-state index in [2.05, 4.69) is 39.4 Å². The first-order valence-corrected chi connectivity index (χ1v) is 6.87. The lowest BCUT2D eigenvalue weighted by molar-refractivity contribution is 0.841. The number of anilines is 1. The Kier molecular flexibility index (Phi) is 3.64. The van der Waals surface area contributed by atoms with Gasteiger partial charge < -0.3 is 5.32 Å². The predicted octanol–water partition coefficient (Wildman–Crippen LogP) is 3.14. The van der Waals surface area contributed by atoms with Gasteiger partial charge in [0, 0.05) is 24.8 Å². The van der Waals surface area contributed by atoms with Crippen LogP contribution >= 0.6 is 0 Å². The Bertz CT molecular complexity index is 704. The topological polar surface area (TPSA) is 55.6 Å². The van der Waals surface area contributed by atoms with Gasteiger partial charge in [-0.2, -0.15) is 5.10 Å². The second kappa shape index (κ2) is 5.75. The summed E-state index contributed by atoms with van der Waals surface area (Å²) >= 11 is 0. The van der Waals surface area contributed by atoms with Crippen molar-refractivity contribution in [2.75, 3.05) is 5.32 Å².